The van der Waals surface area contributed by atoms with E-state index in [9.17, 15) is 8.42 Å². The molecule has 1 aromatic rings. The summed E-state index contributed by atoms with van der Waals surface area (Å²) in [6, 6.07) is 6.48. The molecule has 1 rings (SSSR count). The normalized spacial score (nSPS) is 11.7. The SMILES string of the molecule is Cc1cc(C)cc(CNCCCNS(C)(=O)=O)c1. The molecule has 18 heavy (non-hydrogen) atoms. The standard InChI is InChI=1S/C13H22N2O2S/c1-11-7-12(2)9-13(8-11)10-14-5-4-6-15-18(3,16)17/h7-9,14-15H,4-6,10H2,1-3H3. The second kappa shape index (κ2) is 6.87. The third kappa shape index (κ3) is 6.74. The second-order valence-corrected chi connectivity index (χ2v) is 6.53. The molecular weight excluding hydrogens is 248 g/mol. The van der Waals surface area contributed by atoms with Crippen molar-refractivity contribution in [1.82, 2.24) is 10.0 Å². The van der Waals surface area contributed by atoms with Gasteiger partial charge in [-0.15, -0.1) is 0 Å². The lowest BCUT2D eigenvalue weighted by Gasteiger charge is -2.07. The highest BCUT2D eigenvalue weighted by molar-refractivity contribution is 7.88. The van der Waals surface area contributed by atoms with Crippen LogP contribution in [0.5, 0.6) is 0 Å². The Bertz CT molecular complexity index is 464. The van der Waals surface area contributed by atoms with Crippen molar-refractivity contribution in [3.63, 3.8) is 0 Å². The molecule has 0 aliphatic rings. The van der Waals surface area contributed by atoms with Crippen LogP contribution < -0.4 is 10.0 Å². The Morgan fingerprint density at radius 2 is 1.67 bits per heavy atom. The molecule has 0 radical (unpaired) electrons. The number of hydrogen-bond acceptors (Lipinski definition) is 3. The van der Waals surface area contributed by atoms with Gasteiger partial charge in [0.25, 0.3) is 0 Å². The van der Waals surface area contributed by atoms with Gasteiger partial charge in [-0.2, -0.15) is 0 Å². The van der Waals surface area contributed by atoms with Gasteiger partial charge in [-0.25, -0.2) is 13.1 Å². The van der Waals surface area contributed by atoms with Crippen LogP contribution in [0.3, 0.4) is 0 Å². The zero-order chi connectivity index (χ0) is 13.6. The van der Waals surface area contributed by atoms with E-state index < -0.39 is 10.0 Å². The number of nitrogens with one attached hydrogen (secondary N) is 2. The summed E-state index contributed by atoms with van der Waals surface area (Å²) in [7, 11) is -3.05. The summed E-state index contributed by atoms with van der Waals surface area (Å²) in [6.45, 7) is 6.29. The van der Waals surface area contributed by atoms with Crippen LogP contribution in [0.1, 0.15) is 23.1 Å². The highest BCUT2D eigenvalue weighted by Gasteiger charge is 1.99. The van der Waals surface area contributed by atoms with E-state index in [1.54, 1.807) is 0 Å². The smallest absolute Gasteiger partial charge is 0.208 e. The maximum atomic E-state index is 10.8. The number of rotatable bonds is 7. The van der Waals surface area contributed by atoms with E-state index in [2.05, 4.69) is 42.1 Å². The van der Waals surface area contributed by atoms with Gasteiger partial charge in [0, 0.05) is 13.1 Å². The highest BCUT2D eigenvalue weighted by atomic mass is 32.2. The topological polar surface area (TPSA) is 58.2 Å². The van der Waals surface area contributed by atoms with E-state index in [4.69, 9.17) is 0 Å². The van der Waals surface area contributed by atoms with Crippen LogP contribution in [0.4, 0.5) is 0 Å². The first kappa shape index (κ1) is 15.1. The lowest BCUT2D eigenvalue weighted by atomic mass is 10.1. The molecule has 102 valence electrons. The third-order valence-electron chi connectivity index (χ3n) is 2.51. The lowest BCUT2D eigenvalue weighted by molar-refractivity contribution is 0.579. The molecule has 0 unspecified atom stereocenters. The van der Waals surface area contributed by atoms with Crippen LogP contribution in [0.25, 0.3) is 0 Å². The van der Waals surface area contributed by atoms with E-state index in [-0.39, 0.29) is 0 Å². The van der Waals surface area contributed by atoms with Gasteiger partial charge < -0.3 is 5.32 Å². The summed E-state index contributed by atoms with van der Waals surface area (Å²) in [5, 5.41) is 3.31. The maximum absolute atomic E-state index is 10.8. The summed E-state index contributed by atoms with van der Waals surface area (Å²) >= 11 is 0. The van der Waals surface area contributed by atoms with Crippen molar-refractivity contribution in [3.05, 3.63) is 34.9 Å². The Morgan fingerprint density at radius 3 is 2.22 bits per heavy atom. The van der Waals surface area contributed by atoms with E-state index in [1.165, 1.54) is 22.9 Å². The van der Waals surface area contributed by atoms with Crippen LogP contribution in [0.2, 0.25) is 0 Å². The molecule has 0 saturated heterocycles. The van der Waals surface area contributed by atoms with Gasteiger partial charge in [0.05, 0.1) is 6.26 Å². The number of sulfonamides is 1. The molecule has 0 saturated carbocycles. The van der Waals surface area contributed by atoms with E-state index >= 15 is 0 Å². The van der Waals surface area contributed by atoms with Gasteiger partial charge in [0.1, 0.15) is 0 Å². The van der Waals surface area contributed by atoms with Crippen molar-refractivity contribution >= 4 is 10.0 Å². The summed E-state index contributed by atoms with van der Waals surface area (Å²) < 4.78 is 24.1. The first-order valence-corrected chi connectivity index (χ1v) is 7.98. The molecule has 0 amide bonds. The molecule has 0 heterocycles. The van der Waals surface area contributed by atoms with Crippen molar-refractivity contribution in [1.29, 1.82) is 0 Å². The zero-order valence-electron chi connectivity index (χ0n) is 11.3. The highest BCUT2D eigenvalue weighted by Crippen LogP contribution is 2.08. The predicted octanol–water partition coefficient (Wildman–Crippen LogP) is 1.33. The van der Waals surface area contributed by atoms with Crippen molar-refractivity contribution in [2.24, 2.45) is 0 Å². The Balaban J connectivity index is 2.22. The number of aryl methyl sites for hydroxylation is 2. The Labute approximate surface area is 110 Å². The van der Waals surface area contributed by atoms with Crippen LogP contribution in [0, 0.1) is 13.8 Å². The summed E-state index contributed by atoms with van der Waals surface area (Å²) in [5.74, 6) is 0. The molecule has 0 aromatic heterocycles. The Hall–Kier alpha value is -0.910. The van der Waals surface area contributed by atoms with Crippen molar-refractivity contribution < 1.29 is 8.42 Å². The number of hydrogen-bond donors (Lipinski definition) is 2. The molecule has 2 N–H and O–H groups in total. The molecule has 1 aromatic carbocycles. The first-order valence-electron chi connectivity index (χ1n) is 6.09. The van der Waals surface area contributed by atoms with E-state index in [0.29, 0.717) is 6.54 Å². The summed E-state index contributed by atoms with van der Waals surface area (Å²) in [5.41, 5.74) is 3.81. The molecule has 0 fully saturated rings. The van der Waals surface area contributed by atoms with Crippen molar-refractivity contribution in [2.75, 3.05) is 19.3 Å². The maximum Gasteiger partial charge on any atom is 0.208 e. The fourth-order valence-corrected chi connectivity index (χ4v) is 2.39. The van der Waals surface area contributed by atoms with Crippen molar-refractivity contribution in [2.45, 2.75) is 26.8 Å². The average molecular weight is 270 g/mol. The molecule has 5 heteroatoms. The van der Waals surface area contributed by atoms with Gasteiger partial charge in [0.15, 0.2) is 0 Å². The Morgan fingerprint density at radius 1 is 1.06 bits per heavy atom. The molecular formula is C13H22N2O2S. The third-order valence-corrected chi connectivity index (χ3v) is 3.23. The van der Waals surface area contributed by atoms with Gasteiger partial charge in [-0.3, -0.25) is 0 Å². The van der Waals surface area contributed by atoms with Gasteiger partial charge in [-0.1, -0.05) is 29.3 Å². The second-order valence-electron chi connectivity index (χ2n) is 4.69. The van der Waals surface area contributed by atoms with E-state index in [1.807, 2.05) is 0 Å². The van der Waals surface area contributed by atoms with Gasteiger partial charge in [-0.05, 0) is 32.4 Å². The molecule has 4 nitrogen and oxygen atoms in total. The molecule has 0 aliphatic heterocycles. The predicted molar refractivity (Wildman–Crippen MR) is 75.1 cm³/mol. The van der Waals surface area contributed by atoms with Crippen LogP contribution in [0.15, 0.2) is 18.2 Å². The fraction of sp³-hybridized carbons (Fsp3) is 0.538. The quantitative estimate of drug-likeness (QED) is 0.735. The molecule has 0 spiro atoms. The fourth-order valence-electron chi connectivity index (χ4n) is 1.87. The molecule has 0 bridgehead atoms. The van der Waals surface area contributed by atoms with Crippen LogP contribution in [-0.2, 0) is 16.6 Å². The zero-order valence-corrected chi connectivity index (χ0v) is 12.1. The lowest BCUT2D eigenvalue weighted by Crippen LogP contribution is -2.26. The summed E-state index contributed by atoms with van der Waals surface area (Å²) in [4.78, 5) is 0. The minimum atomic E-state index is -3.05. The molecule has 0 aliphatic carbocycles. The van der Waals surface area contributed by atoms with Gasteiger partial charge >= 0.3 is 0 Å². The Kier molecular flexibility index (Phi) is 5.78. The van der Waals surface area contributed by atoms with Crippen molar-refractivity contribution in [3.8, 4) is 0 Å². The minimum Gasteiger partial charge on any atom is -0.313 e. The number of benzene rings is 1. The van der Waals surface area contributed by atoms with Crippen LogP contribution >= 0.6 is 0 Å². The largest absolute Gasteiger partial charge is 0.313 e. The average Bonchev–Trinajstić information content (AvgIpc) is 2.20. The molecule has 0 atom stereocenters. The minimum absolute atomic E-state index is 0.485. The first-order chi connectivity index (χ1) is 8.37. The van der Waals surface area contributed by atoms with E-state index in [0.717, 1.165) is 19.5 Å². The monoisotopic (exact) mass is 270 g/mol. The summed E-state index contributed by atoms with van der Waals surface area (Å²) in [6.07, 6.45) is 1.97. The van der Waals surface area contributed by atoms with Gasteiger partial charge in [0.2, 0.25) is 10.0 Å². The van der Waals surface area contributed by atoms with Crippen LogP contribution in [-0.4, -0.2) is 27.8 Å².